The third-order valence-corrected chi connectivity index (χ3v) is 5.19. The Balaban J connectivity index is 1.92. The fourth-order valence-electron chi connectivity index (χ4n) is 2.18. The Morgan fingerprint density at radius 1 is 1.48 bits per heavy atom. The lowest BCUT2D eigenvalue weighted by atomic mass is 10.1. The molecule has 2 heterocycles. The minimum absolute atomic E-state index is 0.166. The number of nitrogens with zero attached hydrogens (tertiary/aromatic N) is 4. The first-order valence-corrected chi connectivity index (χ1v) is 9.73. The number of carbonyl (C=O) groups is 1. The van der Waals surface area contributed by atoms with E-state index in [1.165, 1.54) is 7.05 Å². The zero-order valence-corrected chi connectivity index (χ0v) is 15.4. The van der Waals surface area contributed by atoms with Gasteiger partial charge in [0.05, 0.1) is 23.8 Å². The van der Waals surface area contributed by atoms with Gasteiger partial charge in [0.15, 0.2) is 0 Å². The van der Waals surface area contributed by atoms with E-state index >= 15 is 0 Å². The Bertz CT molecular complexity index is 652. The zero-order chi connectivity index (χ0) is 17.0. The van der Waals surface area contributed by atoms with Crippen LogP contribution in [0.25, 0.3) is 0 Å². The fourth-order valence-corrected chi connectivity index (χ4v) is 2.73. The molecule has 0 aliphatic carbocycles. The number of carbonyl (C=O) groups excluding carboxylic acids is 1. The van der Waals surface area contributed by atoms with Crippen LogP contribution in [0.3, 0.4) is 0 Å². The van der Waals surface area contributed by atoms with Gasteiger partial charge in [-0.1, -0.05) is 0 Å². The Hall–Kier alpha value is -1.26. The van der Waals surface area contributed by atoms with Crippen molar-refractivity contribution in [2.24, 2.45) is 0 Å². The molecule has 128 valence electrons. The van der Waals surface area contributed by atoms with Crippen LogP contribution in [0.1, 0.15) is 12.8 Å². The molecule has 1 fully saturated rings. The van der Waals surface area contributed by atoms with Crippen LogP contribution in [-0.4, -0.2) is 72.5 Å². The molecule has 0 N–H and O–H groups in total. The minimum atomic E-state index is -3.37. The molecule has 0 aromatic carbocycles. The van der Waals surface area contributed by atoms with Crippen LogP contribution in [0.4, 0.5) is 0 Å². The maximum atomic E-state index is 12.2. The molecule has 1 saturated heterocycles. The lowest BCUT2D eigenvalue weighted by Crippen LogP contribution is -2.48. The molecule has 0 bridgehead atoms. The van der Waals surface area contributed by atoms with E-state index in [4.69, 9.17) is 4.74 Å². The van der Waals surface area contributed by atoms with E-state index in [2.05, 4.69) is 25.9 Å². The highest BCUT2D eigenvalue weighted by Crippen LogP contribution is 2.16. The molecule has 1 aliphatic heterocycles. The van der Waals surface area contributed by atoms with Gasteiger partial charge in [-0.05, 0) is 28.8 Å². The molecule has 0 saturated carbocycles. The summed E-state index contributed by atoms with van der Waals surface area (Å²) in [4.78, 5) is 21.9. The van der Waals surface area contributed by atoms with Gasteiger partial charge in [0.1, 0.15) is 6.10 Å². The molecule has 0 radical (unpaired) electrons. The van der Waals surface area contributed by atoms with Gasteiger partial charge in [0, 0.05) is 26.0 Å². The summed E-state index contributed by atoms with van der Waals surface area (Å²) < 4.78 is 30.3. The minimum Gasteiger partial charge on any atom is -0.458 e. The average Bonchev–Trinajstić information content (AvgIpc) is 2.49. The predicted octanol–water partition coefficient (Wildman–Crippen LogP) is 0.500. The largest absolute Gasteiger partial charge is 0.458 e. The van der Waals surface area contributed by atoms with Crippen molar-refractivity contribution in [2.75, 3.05) is 32.9 Å². The number of rotatable bonds is 5. The standard InChI is InChI=1S/C13H19BrN4O4S/c1-17(23(2,20)21)9-12(19)18-5-3-4-11(8-18)22-13-15-6-10(14)7-16-13/h6-7,11H,3-5,8-9H2,1-2H3. The number of hydrogen-bond donors (Lipinski definition) is 0. The number of hydrogen-bond acceptors (Lipinski definition) is 6. The summed E-state index contributed by atoms with van der Waals surface area (Å²) in [6.07, 6.45) is 5.65. The van der Waals surface area contributed by atoms with Gasteiger partial charge in [0.2, 0.25) is 15.9 Å². The fraction of sp³-hybridized carbons (Fsp3) is 0.615. The van der Waals surface area contributed by atoms with Crippen molar-refractivity contribution in [3.05, 3.63) is 16.9 Å². The number of likely N-dealkylation sites (N-methyl/N-ethyl adjacent to an activating group) is 1. The number of likely N-dealkylation sites (tertiary alicyclic amines) is 1. The maximum absolute atomic E-state index is 12.2. The van der Waals surface area contributed by atoms with Gasteiger partial charge >= 0.3 is 6.01 Å². The lowest BCUT2D eigenvalue weighted by Gasteiger charge is -2.33. The van der Waals surface area contributed by atoms with Crippen molar-refractivity contribution in [1.29, 1.82) is 0 Å². The third-order valence-electron chi connectivity index (χ3n) is 3.52. The highest BCUT2D eigenvalue weighted by molar-refractivity contribution is 9.10. The molecular weight excluding hydrogens is 388 g/mol. The van der Waals surface area contributed by atoms with Gasteiger partial charge in [-0.2, -0.15) is 4.31 Å². The van der Waals surface area contributed by atoms with Crippen LogP contribution in [0, 0.1) is 0 Å². The number of amides is 1. The highest BCUT2D eigenvalue weighted by atomic mass is 79.9. The number of sulfonamides is 1. The van der Waals surface area contributed by atoms with Gasteiger partial charge in [-0.15, -0.1) is 0 Å². The van der Waals surface area contributed by atoms with Crippen LogP contribution in [0.2, 0.25) is 0 Å². The second kappa shape index (κ2) is 7.54. The summed E-state index contributed by atoms with van der Waals surface area (Å²) in [7, 11) is -1.98. The molecule has 1 unspecified atom stereocenters. The summed E-state index contributed by atoms with van der Waals surface area (Å²) in [6, 6.07) is 0.265. The average molecular weight is 407 g/mol. The van der Waals surface area contributed by atoms with Crippen LogP contribution < -0.4 is 4.74 Å². The van der Waals surface area contributed by atoms with Gasteiger partial charge in [-0.25, -0.2) is 18.4 Å². The van der Waals surface area contributed by atoms with Crippen molar-refractivity contribution < 1.29 is 17.9 Å². The molecular formula is C13H19BrN4O4S. The Labute approximate surface area is 144 Å². The summed E-state index contributed by atoms with van der Waals surface area (Å²) in [6.45, 7) is 0.827. The Morgan fingerprint density at radius 2 is 2.13 bits per heavy atom. The lowest BCUT2D eigenvalue weighted by molar-refractivity contribution is -0.133. The molecule has 23 heavy (non-hydrogen) atoms. The molecule has 8 nitrogen and oxygen atoms in total. The summed E-state index contributed by atoms with van der Waals surface area (Å²) in [5.74, 6) is -0.233. The van der Waals surface area contributed by atoms with E-state index in [1.807, 2.05) is 0 Å². The van der Waals surface area contributed by atoms with E-state index in [9.17, 15) is 13.2 Å². The topological polar surface area (TPSA) is 92.7 Å². The first kappa shape index (κ1) is 18.1. The van der Waals surface area contributed by atoms with Crippen LogP contribution in [0.15, 0.2) is 16.9 Å². The van der Waals surface area contributed by atoms with Crippen LogP contribution >= 0.6 is 15.9 Å². The van der Waals surface area contributed by atoms with E-state index in [0.717, 1.165) is 27.9 Å². The van der Waals surface area contributed by atoms with E-state index in [-0.39, 0.29) is 24.6 Å². The van der Waals surface area contributed by atoms with Crippen molar-refractivity contribution in [1.82, 2.24) is 19.2 Å². The first-order chi connectivity index (χ1) is 10.8. The number of aromatic nitrogens is 2. The summed E-state index contributed by atoms with van der Waals surface area (Å²) in [5.41, 5.74) is 0. The smallest absolute Gasteiger partial charge is 0.316 e. The van der Waals surface area contributed by atoms with Crippen molar-refractivity contribution >= 4 is 31.9 Å². The molecule has 10 heteroatoms. The summed E-state index contributed by atoms with van der Waals surface area (Å²) in [5, 5.41) is 0. The Kier molecular flexibility index (Phi) is 5.93. The number of ether oxygens (including phenoxy) is 1. The SMILES string of the molecule is CN(CC(=O)N1CCCC(Oc2ncc(Br)cn2)C1)S(C)(=O)=O. The highest BCUT2D eigenvalue weighted by Gasteiger charge is 2.27. The quantitative estimate of drug-likeness (QED) is 0.706. The second-order valence-corrected chi connectivity index (χ2v) is 8.43. The van der Waals surface area contributed by atoms with Crippen LogP contribution in [0.5, 0.6) is 6.01 Å². The third kappa shape index (κ3) is 5.40. The van der Waals surface area contributed by atoms with Gasteiger partial charge < -0.3 is 9.64 Å². The Morgan fingerprint density at radius 3 is 2.74 bits per heavy atom. The monoisotopic (exact) mass is 406 g/mol. The van der Waals surface area contributed by atoms with Crippen molar-refractivity contribution in [3.63, 3.8) is 0 Å². The zero-order valence-electron chi connectivity index (χ0n) is 13.0. The van der Waals surface area contributed by atoms with Gasteiger partial charge in [-0.3, -0.25) is 4.79 Å². The van der Waals surface area contributed by atoms with Crippen molar-refractivity contribution in [2.45, 2.75) is 18.9 Å². The molecule has 0 spiro atoms. The predicted molar refractivity (Wildman–Crippen MR) is 87.4 cm³/mol. The van der Waals surface area contributed by atoms with Gasteiger partial charge in [0.25, 0.3) is 0 Å². The normalized spacial score (nSPS) is 19.0. The van der Waals surface area contributed by atoms with Crippen LogP contribution in [-0.2, 0) is 14.8 Å². The molecule has 2 rings (SSSR count). The van der Waals surface area contributed by atoms with Crippen molar-refractivity contribution in [3.8, 4) is 6.01 Å². The molecule has 1 atom stereocenters. The molecule has 1 aromatic heterocycles. The molecule has 1 aliphatic rings. The second-order valence-electron chi connectivity index (χ2n) is 5.42. The number of piperidine rings is 1. The van der Waals surface area contributed by atoms with E-state index < -0.39 is 10.0 Å². The van der Waals surface area contributed by atoms with E-state index in [0.29, 0.717) is 13.1 Å². The summed E-state index contributed by atoms with van der Waals surface area (Å²) >= 11 is 3.25. The molecule has 1 amide bonds. The van der Waals surface area contributed by atoms with E-state index in [1.54, 1.807) is 17.3 Å². The number of halogens is 1. The molecule has 1 aromatic rings. The first-order valence-electron chi connectivity index (χ1n) is 7.09. The maximum Gasteiger partial charge on any atom is 0.316 e.